The van der Waals surface area contributed by atoms with Crippen LogP contribution in [0.3, 0.4) is 0 Å². The van der Waals surface area contributed by atoms with Crippen molar-refractivity contribution in [3.63, 3.8) is 0 Å². The molecule has 7 nitrogen and oxygen atoms in total. The second-order valence-corrected chi connectivity index (χ2v) is 9.40. The van der Waals surface area contributed by atoms with Crippen molar-refractivity contribution in [3.05, 3.63) is 0 Å². The molecule has 0 fully saturated rings. The van der Waals surface area contributed by atoms with Gasteiger partial charge in [0.05, 0.1) is 12.2 Å². The summed E-state index contributed by atoms with van der Waals surface area (Å²) in [6.07, 6.45) is -1.11. The van der Waals surface area contributed by atoms with Gasteiger partial charge >= 0.3 is 12.7 Å². The molecule has 0 spiro atoms. The minimum Gasteiger partial charge on any atom is -0.629 e. The second kappa shape index (κ2) is 6.25. The van der Waals surface area contributed by atoms with Crippen LogP contribution in [0.5, 0.6) is 0 Å². The molecular weight excluding hydrogens is 282 g/mol. The summed E-state index contributed by atoms with van der Waals surface area (Å²) in [5.41, 5.74) is 0. The minimum absolute atomic E-state index is 0.557. The molecule has 0 rings (SSSR count). The van der Waals surface area contributed by atoms with Crippen LogP contribution < -0.4 is 4.89 Å². The molecule has 2 atom stereocenters. The molecule has 0 saturated carbocycles. The lowest BCUT2D eigenvalue weighted by molar-refractivity contribution is -0.238. The predicted molar refractivity (Wildman–Crippen MR) is 66.8 cm³/mol. The van der Waals surface area contributed by atoms with Crippen LogP contribution >= 0.6 is 15.5 Å². The molecule has 0 aliphatic rings. The summed E-state index contributed by atoms with van der Waals surface area (Å²) in [6, 6.07) is 0. The van der Waals surface area contributed by atoms with E-state index >= 15 is 0 Å². The van der Waals surface area contributed by atoms with Gasteiger partial charge in [-0.3, -0.25) is 4.57 Å². The summed E-state index contributed by atoms with van der Waals surface area (Å²) in [7, 11) is -7.89. The van der Waals surface area contributed by atoms with E-state index in [-0.39, 0.29) is 0 Å². The van der Waals surface area contributed by atoms with Gasteiger partial charge in [-0.2, -0.15) is 0 Å². The standard InChI is InChI=1S/C9H22O7P2/c1-7(2)15-18(13,16-8(3)4)9(5,10)17(11,12)14-6/h7-8,10H,1-6H3,(H,11,12). The van der Waals surface area contributed by atoms with Crippen LogP contribution in [0.15, 0.2) is 0 Å². The van der Waals surface area contributed by atoms with Crippen molar-refractivity contribution in [2.45, 2.75) is 51.9 Å². The number of aliphatic hydroxyl groups is 1. The van der Waals surface area contributed by atoms with Crippen molar-refractivity contribution in [2.24, 2.45) is 0 Å². The molecule has 2 unspecified atom stereocenters. The van der Waals surface area contributed by atoms with Gasteiger partial charge in [0.25, 0.3) is 7.94 Å². The van der Waals surface area contributed by atoms with E-state index in [4.69, 9.17) is 9.05 Å². The molecular formula is C9H22O7P2. The molecule has 0 radical (unpaired) electrons. The molecule has 0 aromatic heterocycles. The number of hydrogen-bond donors (Lipinski definition) is 2. The Labute approximate surface area is 108 Å². The average molecular weight is 304 g/mol. The van der Waals surface area contributed by atoms with Crippen molar-refractivity contribution < 1.29 is 33.0 Å². The van der Waals surface area contributed by atoms with Gasteiger partial charge in [-0.05, 0) is 27.7 Å². The maximum Gasteiger partial charge on any atom is 0.403 e. The van der Waals surface area contributed by atoms with E-state index < -0.39 is 32.8 Å². The first kappa shape index (κ1) is 18.4. The first-order valence-corrected chi connectivity index (χ1v) is 8.59. The second-order valence-electron chi connectivity index (χ2n) is 4.48. The minimum atomic E-state index is -4.57. The predicted octanol–water partition coefficient (Wildman–Crippen LogP) is 1.46. The van der Waals surface area contributed by atoms with Gasteiger partial charge in [-0.1, -0.05) is 0 Å². The molecule has 110 valence electrons. The van der Waals surface area contributed by atoms with Crippen LogP contribution in [0.25, 0.3) is 0 Å². The monoisotopic (exact) mass is 304 g/mol. The summed E-state index contributed by atoms with van der Waals surface area (Å²) in [5.74, 6) is 0. The lowest BCUT2D eigenvalue weighted by Gasteiger charge is -2.40. The normalized spacial score (nSPS) is 19.9. The third-order valence-electron chi connectivity index (χ3n) is 2.00. The Kier molecular flexibility index (Phi) is 6.39. The maximum atomic E-state index is 12.6. The van der Waals surface area contributed by atoms with Gasteiger partial charge in [-0.25, -0.2) is 9.05 Å². The van der Waals surface area contributed by atoms with E-state index in [0.29, 0.717) is 0 Å². The van der Waals surface area contributed by atoms with E-state index in [1.807, 2.05) is 0 Å². The fourth-order valence-electron chi connectivity index (χ4n) is 1.11. The van der Waals surface area contributed by atoms with Crippen LogP contribution in [0.1, 0.15) is 34.6 Å². The van der Waals surface area contributed by atoms with Crippen molar-refractivity contribution in [1.29, 1.82) is 0 Å². The first-order chi connectivity index (χ1) is 7.89. The number of rotatable bonds is 7. The zero-order valence-corrected chi connectivity index (χ0v) is 13.3. The van der Waals surface area contributed by atoms with Crippen molar-refractivity contribution >= 4 is 15.5 Å². The van der Waals surface area contributed by atoms with Gasteiger partial charge in [0.2, 0.25) is 0 Å². The molecule has 0 aliphatic carbocycles. The highest BCUT2D eigenvalue weighted by atomic mass is 31.3. The Hall–Kier alpha value is 0.420. The third kappa shape index (κ3) is 3.95. The number of hydrogen-bond acceptors (Lipinski definition) is 6. The summed E-state index contributed by atoms with van der Waals surface area (Å²) < 4.78 is 26.3. The van der Waals surface area contributed by atoms with Gasteiger partial charge in [0, 0.05) is 14.0 Å². The fraction of sp³-hybridized carbons (Fsp3) is 1.00. The average Bonchev–Trinajstić information content (AvgIpc) is 2.14. The zero-order valence-electron chi connectivity index (χ0n) is 11.5. The molecule has 18 heavy (non-hydrogen) atoms. The molecule has 0 saturated heterocycles. The van der Waals surface area contributed by atoms with Crippen LogP contribution in [-0.2, 0) is 18.1 Å². The van der Waals surface area contributed by atoms with Gasteiger partial charge in [-0.15, -0.1) is 0 Å². The lowest BCUT2D eigenvalue weighted by atomic mass is 10.5. The van der Waals surface area contributed by atoms with Gasteiger partial charge in [0.1, 0.15) is 0 Å². The highest BCUT2D eigenvalue weighted by molar-refractivity contribution is 7.76. The van der Waals surface area contributed by atoms with E-state index in [1.165, 1.54) is 0 Å². The smallest absolute Gasteiger partial charge is 0.403 e. The van der Waals surface area contributed by atoms with E-state index in [9.17, 15) is 19.5 Å². The first-order valence-electron chi connectivity index (χ1n) is 5.47. The summed E-state index contributed by atoms with van der Waals surface area (Å²) >= 11 is 0. The van der Waals surface area contributed by atoms with E-state index in [1.54, 1.807) is 27.7 Å². The van der Waals surface area contributed by atoms with Gasteiger partial charge in [0.15, 0.2) is 0 Å². The quantitative estimate of drug-likeness (QED) is 0.685. The van der Waals surface area contributed by atoms with Crippen molar-refractivity contribution in [2.75, 3.05) is 7.11 Å². The largest absolute Gasteiger partial charge is 0.629 e. The molecule has 0 aromatic carbocycles. The highest BCUT2D eigenvalue weighted by Gasteiger charge is 2.65. The third-order valence-corrected chi connectivity index (χ3v) is 7.50. The Morgan fingerprint density at radius 3 is 1.78 bits per heavy atom. The Morgan fingerprint density at radius 2 is 1.56 bits per heavy atom. The Morgan fingerprint density at radius 1 is 1.22 bits per heavy atom. The highest BCUT2D eigenvalue weighted by Crippen LogP contribution is 2.77. The zero-order chi connectivity index (χ0) is 14.8. The van der Waals surface area contributed by atoms with Crippen LogP contribution in [0, 0.1) is 0 Å². The Balaban J connectivity index is 5.49. The molecule has 0 aliphatic heterocycles. The summed E-state index contributed by atoms with van der Waals surface area (Å²) in [6.45, 7) is 7.19. The lowest BCUT2D eigenvalue weighted by Crippen LogP contribution is -2.40. The topological polar surface area (TPSA) is 108 Å². The van der Waals surface area contributed by atoms with Crippen LogP contribution in [0.2, 0.25) is 0 Å². The van der Waals surface area contributed by atoms with Crippen molar-refractivity contribution in [3.8, 4) is 0 Å². The Bertz CT molecular complexity index is 306. The molecule has 0 bridgehead atoms. The molecule has 2 N–H and O–H groups in total. The summed E-state index contributed by atoms with van der Waals surface area (Å²) in [4.78, 5) is 22.1. The molecule has 0 aromatic rings. The summed E-state index contributed by atoms with van der Waals surface area (Å²) in [5, 5.41) is 7.47. The van der Waals surface area contributed by atoms with Crippen LogP contribution in [-0.4, -0.2) is 34.4 Å². The van der Waals surface area contributed by atoms with E-state index in [2.05, 4.69) is 4.52 Å². The van der Waals surface area contributed by atoms with E-state index in [0.717, 1.165) is 14.0 Å². The SMILES string of the molecule is COP(=O)(O)C(C)(O)[P+]([O-])(OC(C)C)OC(C)C. The van der Waals surface area contributed by atoms with Gasteiger partial charge < -0.3 is 19.4 Å². The van der Waals surface area contributed by atoms with Crippen molar-refractivity contribution in [1.82, 2.24) is 0 Å². The molecule has 0 heterocycles. The fourth-order valence-corrected chi connectivity index (χ4v) is 4.78. The van der Waals surface area contributed by atoms with Crippen LogP contribution in [0.4, 0.5) is 0 Å². The maximum absolute atomic E-state index is 12.6. The molecule has 0 amide bonds. The molecule has 9 heteroatoms.